The van der Waals surface area contributed by atoms with E-state index in [0.29, 0.717) is 17.9 Å². The number of likely N-dealkylation sites (tertiary alicyclic amines) is 1. The second-order valence-electron chi connectivity index (χ2n) is 7.18. The predicted molar refractivity (Wildman–Crippen MR) is 108 cm³/mol. The van der Waals surface area contributed by atoms with Crippen LogP contribution in [0.15, 0.2) is 48.5 Å². The zero-order valence-electron chi connectivity index (χ0n) is 16.2. The number of nitrogens with zero attached hydrogens (tertiary/aromatic N) is 1. The molecule has 2 aromatic carbocycles. The first-order valence-electron chi connectivity index (χ1n) is 9.49. The Bertz CT molecular complexity index is 835. The van der Waals surface area contributed by atoms with Crippen LogP contribution in [0.2, 0.25) is 0 Å². The fourth-order valence-corrected chi connectivity index (χ4v) is 3.69. The maximum absolute atomic E-state index is 12.5. The van der Waals surface area contributed by atoms with E-state index in [-0.39, 0.29) is 17.9 Å². The lowest BCUT2D eigenvalue weighted by Crippen LogP contribution is -2.45. The molecule has 0 bridgehead atoms. The summed E-state index contributed by atoms with van der Waals surface area (Å²) in [7, 11) is 1.59. The Morgan fingerprint density at radius 3 is 2.64 bits per heavy atom. The van der Waals surface area contributed by atoms with E-state index in [1.165, 1.54) is 0 Å². The monoisotopic (exact) mass is 382 g/mol. The third-order valence-electron chi connectivity index (χ3n) is 5.36. The van der Waals surface area contributed by atoms with Gasteiger partial charge < -0.3 is 15.2 Å². The quantitative estimate of drug-likeness (QED) is 0.798. The number of rotatable bonds is 6. The highest BCUT2D eigenvalue weighted by Crippen LogP contribution is 2.26. The summed E-state index contributed by atoms with van der Waals surface area (Å²) in [5.74, 6) is -0.532. The number of carboxylic acid groups (broad SMARTS) is 1. The van der Waals surface area contributed by atoms with Crippen molar-refractivity contribution in [2.45, 2.75) is 32.4 Å². The molecule has 0 aliphatic carbocycles. The average Bonchev–Trinajstić information content (AvgIpc) is 2.69. The first-order valence-corrected chi connectivity index (χ1v) is 9.49. The Morgan fingerprint density at radius 1 is 1.21 bits per heavy atom. The SMILES string of the molecule is COc1ccc(C(=O)Nc2cccc(CN3CCC[C@H](C(=O)O)[C@@H]3C)c2)cc1. The number of nitrogens with one attached hydrogen (secondary N) is 1. The molecular weight excluding hydrogens is 356 g/mol. The first-order chi connectivity index (χ1) is 13.5. The number of hydrogen-bond donors (Lipinski definition) is 2. The largest absolute Gasteiger partial charge is 0.497 e. The minimum absolute atomic E-state index is 0.0104. The van der Waals surface area contributed by atoms with Gasteiger partial charge in [0, 0.05) is 23.8 Å². The Labute approximate surface area is 165 Å². The number of amides is 1. The number of carboxylic acids is 1. The van der Waals surface area contributed by atoms with Gasteiger partial charge in [-0.25, -0.2) is 0 Å². The Kier molecular flexibility index (Phi) is 6.31. The van der Waals surface area contributed by atoms with E-state index in [4.69, 9.17) is 4.74 Å². The third kappa shape index (κ3) is 4.70. The molecule has 3 rings (SSSR count). The molecule has 1 saturated heterocycles. The Hall–Kier alpha value is -2.86. The van der Waals surface area contributed by atoms with Crippen molar-refractivity contribution in [3.05, 3.63) is 59.7 Å². The van der Waals surface area contributed by atoms with Crippen molar-refractivity contribution in [2.75, 3.05) is 19.0 Å². The van der Waals surface area contributed by atoms with E-state index in [2.05, 4.69) is 10.2 Å². The lowest BCUT2D eigenvalue weighted by molar-refractivity contribution is -0.145. The maximum Gasteiger partial charge on any atom is 0.308 e. The summed E-state index contributed by atoms with van der Waals surface area (Å²) in [5.41, 5.74) is 2.32. The van der Waals surface area contributed by atoms with Crippen LogP contribution in [0.1, 0.15) is 35.7 Å². The molecule has 1 aliphatic rings. The minimum Gasteiger partial charge on any atom is -0.497 e. The Morgan fingerprint density at radius 2 is 1.96 bits per heavy atom. The molecule has 28 heavy (non-hydrogen) atoms. The van der Waals surface area contributed by atoms with Crippen LogP contribution in [-0.2, 0) is 11.3 Å². The molecule has 1 amide bonds. The number of methoxy groups -OCH3 is 1. The van der Waals surface area contributed by atoms with Crippen molar-refractivity contribution in [2.24, 2.45) is 5.92 Å². The van der Waals surface area contributed by atoms with Crippen molar-refractivity contribution in [1.82, 2.24) is 4.90 Å². The molecule has 6 nitrogen and oxygen atoms in total. The highest BCUT2D eigenvalue weighted by atomic mass is 16.5. The van der Waals surface area contributed by atoms with Crippen LogP contribution in [0.5, 0.6) is 5.75 Å². The van der Waals surface area contributed by atoms with Gasteiger partial charge in [0.2, 0.25) is 0 Å². The van der Waals surface area contributed by atoms with Crippen LogP contribution in [0.4, 0.5) is 5.69 Å². The normalized spacial score (nSPS) is 19.8. The molecule has 2 N–H and O–H groups in total. The van der Waals surface area contributed by atoms with Gasteiger partial charge in [0.15, 0.2) is 0 Å². The van der Waals surface area contributed by atoms with Crippen LogP contribution in [0.25, 0.3) is 0 Å². The smallest absolute Gasteiger partial charge is 0.308 e. The molecule has 1 heterocycles. The van der Waals surface area contributed by atoms with E-state index in [9.17, 15) is 14.7 Å². The van der Waals surface area contributed by atoms with Gasteiger partial charge in [0.25, 0.3) is 5.91 Å². The number of aliphatic carboxylic acids is 1. The lowest BCUT2D eigenvalue weighted by atomic mass is 9.90. The van der Waals surface area contributed by atoms with E-state index >= 15 is 0 Å². The van der Waals surface area contributed by atoms with Crippen LogP contribution in [0.3, 0.4) is 0 Å². The molecule has 1 aliphatic heterocycles. The summed E-state index contributed by atoms with van der Waals surface area (Å²) in [5, 5.41) is 12.3. The molecule has 0 radical (unpaired) electrons. The zero-order chi connectivity index (χ0) is 20.1. The number of piperidine rings is 1. The zero-order valence-corrected chi connectivity index (χ0v) is 16.2. The van der Waals surface area contributed by atoms with Crippen LogP contribution in [0, 0.1) is 5.92 Å². The Balaban J connectivity index is 1.66. The number of hydrogen-bond acceptors (Lipinski definition) is 4. The van der Waals surface area contributed by atoms with Crippen LogP contribution < -0.4 is 10.1 Å². The van der Waals surface area contributed by atoms with Crippen LogP contribution >= 0.6 is 0 Å². The molecule has 148 valence electrons. The van der Waals surface area contributed by atoms with E-state index in [0.717, 1.165) is 30.6 Å². The van der Waals surface area contributed by atoms with Crippen molar-refractivity contribution < 1.29 is 19.4 Å². The van der Waals surface area contributed by atoms with Gasteiger partial charge in [0.05, 0.1) is 13.0 Å². The highest BCUT2D eigenvalue weighted by molar-refractivity contribution is 6.04. The number of carbonyl (C=O) groups excluding carboxylic acids is 1. The third-order valence-corrected chi connectivity index (χ3v) is 5.36. The molecule has 0 unspecified atom stereocenters. The molecule has 1 fully saturated rings. The summed E-state index contributed by atoms with van der Waals surface area (Å²) < 4.78 is 5.11. The second kappa shape index (κ2) is 8.89. The molecule has 2 aromatic rings. The van der Waals surface area contributed by atoms with Crippen molar-refractivity contribution in [1.29, 1.82) is 0 Å². The van der Waals surface area contributed by atoms with Gasteiger partial charge in [-0.2, -0.15) is 0 Å². The van der Waals surface area contributed by atoms with Gasteiger partial charge in [-0.15, -0.1) is 0 Å². The number of anilines is 1. The van der Waals surface area contributed by atoms with Gasteiger partial charge in [-0.3, -0.25) is 14.5 Å². The standard InChI is InChI=1S/C22H26N2O4/c1-15-20(22(26)27)7-4-12-24(15)14-16-5-3-6-18(13-16)23-21(25)17-8-10-19(28-2)11-9-17/h3,5-6,8-11,13,15,20H,4,7,12,14H2,1-2H3,(H,23,25)(H,26,27)/t15-,20-/m0/s1. The van der Waals surface area contributed by atoms with Gasteiger partial charge in [0.1, 0.15) is 5.75 Å². The summed E-state index contributed by atoms with van der Waals surface area (Å²) in [4.78, 5) is 26.1. The molecule has 6 heteroatoms. The van der Waals surface area contributed by atoms with Gasteiger partial charge >= 0.3 is 5.97 Å². The fourth-order valence-electron chi connectivity index (χ4n) is 3.69. The molecule has 2 atom stereocenters. The lowest BCUT2D eigenvalue weighted by Gasteiger charge is -2.37. The molecule has 0 aromatic heterocycles. The number of carbonyl (C=O) groups is 2. The molecule has 0 saturated carbocycles. The van der Waals surface area contributed by atoms with Gasteiger partial charge in [-0.1, -0.05) is 12.1 Å². The summed E-state index contributed by atoms with van der Waals surface area (Å²) in [6.45, 7) is 3.53. The van der Waals surface area contributed by atoms with Crippen LogP contribution in [-0.4, -0.2) is 41.6 Å². The summed E-state index contributed by atoms with van der Waals surface area (Å²) >= 11 is 0. The fraction of sp³-hybridized carbons (Fsp3) is 0.364. The topological polar surface area (TPSA) is 78.9 Å². The highest BCUT2D eigenvalue weighted by Gasteiger charge is 2.32. The number of benzene rings is 2. The second-order valence-corrected chi connectivity index (χ2v) is 7.18. The predicted octanol–water partition coefficient (Wildman–Crippen LogP) is 3.63. The first kappa shape index (κ1) is 19.9. The van der Waals surface area contributed by atoms with Gasteiger partial charge in [-0.05, 0) is 68.3 Å². The summed E-state index contributed by atoms with van der Waals surface area (Å²) in [6.07, 6.45) is 1.61. The molecule has 0 spiro atoms. The van der Waals surface area contributed by atoms with E-state index in [1.807, 2.05) is 31.2 Å². The average molecular weight is 382 g/mol. The van der Waals surface area contributed by atoms with Crippen molar-refractivity contribution in [3.8, 4) is 5.75 Å². The number of ether oxygens (including phenoxy) is 1. The minimum atomic E-state index is -0.724. The van der Waals surface area contributed by atoms with Crippen molar-refractivity contribution in [3.63, 3.8) is 0 Å². The molecular formula is C22H26N2O4. The van der Waals surface area contributed by atoms with E-state index < -0.39 is 5.97 Å². The maximum atomic E-state index is 12.5. The summed E-state index contributed by atoms with van der Waals surface area (Å²) in [6, 6.07) is 14.6. The van der Waals surface area contributed by atoms with Crippen molar-refractivity contribution >= 4 is 17.6 Å². The van der Waals surface area contributed by atoms with E-state index in [1.54, 1.807) is 31.4 Å².